The third-order valence-corrected chi connectivity index (χ3v) is 3.13. The highest BCUT2D eigenvalue weighted by molar-refractivity contribution is 5.81. The van der Waals surface area contributed by atoms with E-state index in [1.54, 1.807) is 0 Å². The Bertz CT molecular complexity index is 369. The number of benzene rings is 1. The van der Waals surface area contributed by atoms with Gasteiger partial charge in [0, 0.05) is 0 Å². The Morgan fingerprint density at radius 3 is 2.56 bits per heavy atom. The Balaban J connectivity index is 2.00. The van der Waals surface area contributed by atoms with Crippen LogP contribution in [0.25, 0.3) is 0 Å². The number of rotatable bonds is 4. The molecule has 1 aliphatic rings. The fourth-order valence-electron chi connectivity index (χ4n) is 2.24. The van der Waals surface area contributed by atoms with Crippen molar-refractivity contribution in [3.05, 3.63) is 30.3 Å². The molecular formula is C15H22N2O. The normalized spacial score (nSPS) is 17.7. The standard InChI is InChI=1S/C15H22N2O/c1-2-18-15(13-17-11-7-4-8-12-17)16-14-9-5-3-6-10-14/h3,5-6,9-10H,2,4,7-8,11-13H2,1H3. The van der Waals surface area contributed by atoms with Gasteiger partial charge in [0.25, 0.3) is 0 Å². The lowest BCUT2D eigenvalue weighted by Gasteiger charge is -2.26. The van der Waals surface area contributed by atoms with Gasteiger partial charge in [0.15, 0.2) is 0 Å². The first-order valence-corrected chi connectivity index (χ1v) is 6.86. The molecule has 98 valence electrons. The van der Waals surface area contributed by atoms with Gasteiger partial charge >= 0.3 is 0 Å². The molecule has 1 aromatic rings. The van der Waals surface area contributed by atoms with Gasteiger partial charge in [-0.2, -0.15) is 0 Å². The topological polar surface area (TPSA) is 24.8 Å². The molecule has 1 heterocycles. The summed E-state index contributed by atoms with van der Waals surface area (Å²) in [6, 6.07) is 10.0. The molecule has 3 nitrogen and oxygen atoms in total. The van der Waals surface area contributed by atoms with E-state index in [1.165, 1.54) is 32.4 Å². The first-order valence-electron chi connectivity index (χ1n) is 6.86. The molecule has 0 saturated carbocycles. The third kappa shape index (κ3) is 4.15. The second-order valence-corrected chi connectivity index (χ2v) is 4.61. The van der Waals surface area contributed by atoms with Gasteiger partial charge in [-0.15, -0.1) is 0 Å². The Morgan fingerprint density at radius 1 is 1.17 bits per heavy atom. The summed E-state index contributed by atoms with van der Waals surface area (Å²) in [5, 5.41) is 0. The summed E-state index contributed by atoms with van der Waals surface area (Å²) >= 11 is 0. The second kappa shape index (κ2) is 7.17. The molecule has 1 aliphatic heterocycles. The Kier molecular flexibility index (Phi) is 5.21. The van der Waals surface area contributed by atoms with Crippen molar-refractivity contribution in [1.82, 2.24) is 4.90 Å². The molecule has 2 rings (SSSR count). The number of para-hydroxylation sites is 1. The minimum Gasteiger partial charge on any atom is -0.480 e. The summed E-state index contributed by atoms with van der Waals surface area (Å²) in [5.41, 5.74) is 0.970. The molecule has 0 spiro atoms. The summed E-state index contributed by atoms with van der Waals surface area (Å²) in [6.45, 7) is 5.86. The lowest BCUT2D eigenvalue weighted by molar-refractivity contribution is 0.230. The van der Waals surface area contributed by atoms with Crippen molar-refractivity contribution in [2.45, 2.75) is 26.2 Å². The molecule has 0 N–H and O–H groups in total. The van der Waals surface area contributed by atoms with Crippen molar-refractivity contribution in [2.75, 3.05) is 26.2 Å². The van der Waals surface area contributed by atoms with Gasteiger partial charge in [-0.05, 0) is 45.0 Å². The molecule has 0 atom stereocenters. The fourth-order valence-corrected chi connectivity index (χ4v) is 2.24. The van der Waals surface area contributed by atoms with E-state index >= 15 is 0 Å². The van der Waals surface area contributed by atoms with E-state index in [0.29, 0.717) is 6.61 Å². The molecule has 1 fully saturated rings. The van der Waals surface area contributed by atoms with Crippen molar-refractivity contribution >= 4 is 11.6 Å². The minimum atomic E-state index is 0.680. The molecule has 0 bridgehead atoms. The van der Waals surface area contributed by atoms with Crippen LogP contribution in [0.15, 0.2) is 35.3 Å². The van der Waals surface area contributed by atoms with Gasteiger partial charge in [0.1, 0.15) is 0 Å². The molecule has 1 aromatic carbocycles. The average Bonchev–Trinajstić information content (AvgIpc) is 2.41. The average molecular weight is 246 g/mol. The van der Waals surface area contributed by atoms with Crippen LogP contribution in [0.3, 0.4) is 0 Å². The Labute approximate surface area is 109 Å². The summed E-state index contributed by atoms with van der Waals surface area (Å²) in [7, 11) is 0. The number of hydrogen-bond donors (Lipinski definition) is 0. The van der Waals surface area contributed by atoms with Crippen molar-refractivity contribution in [1.29, 1.82) is 0 Å². The van der Waals surface area contributed by atoms with Crippen LogP contribution in [0, 0.1) is 0 Å². The monoisotopic (exact) mass is 246 g/mol. The van der Waals surface area contributed by atoms with E-state index in [-0.39, 0.29) is 0 Å². The lowest BCUT2D eigenvalue weighted by atomic mass is 10.1. The van der Waals surface area contributed by atoms with Crippen molar-refractivity contribution in [3.8, 4) is 0 Å². The molecule has 0 aliphatic carbocycles. The number of hydrogen-bond acceptors (Lipinski definition) is 3. The van der Waals surface area contributed by atoms with Crippen LogP contribution in [-0.2, 0) is 4.74 Å². The van der Waals surface area contributed by atoms with Crippen molar-refractivity contribution < 1.29 is 4.74 Å². The predicted octanol–water partition coefficient (Wildman–Crippen LogP) is 3.24. The van der Waals surface area contributed by atoms with Gasteiger partial charge < -0.3 is 4.74 Å². The zero-order valence-electron chi connectivity index (χ0n) is 11.1. The summed E-state index contributed by atoms with van der Waals surface area (Å²) in [5.74, 6) is 0.839. The first-order chi connectivity index (χ1) is 8.88. The Morgan fingerprint density at radius 2 is 1.89 bits per heavy atom. The van der Waals surface area contributed by atoms with E-state index in [2.05, 4.69) is 9.89 Å². The summed E-state index contributed by atoms with van der Waals surface area (Å²) < 4.78 is 5.66. The van der Waals surface area contributed by atoms with Gasteiger partial charge in [-0.3, -0.25) is 4.90 Å². The van der Waals surface area contributed by atoms with Gasteiger partial charge in [0.2, 0.25) is 5.90 Å². The van der Waals surface area contributed by atoms with E-state index in [0.717, 1.165) is 18.1 Å². The van der Waals surface area contributed by atoms with E-state index < -0.39 is 0 Å². The second-order valence-electron chi connectivity index (χ2n) is 4.61. The number of piperidine rings is 1. The third-order valence-electron chi connectivity index (χ3n) is 3.13. The maximum atomic E-state index is 5.66. The maximum Gasteiger partial charge on any atom is 0.203 e. The van der Waals surface area contributed by atoms with E-state index in [9.17, 15) is 0 Å². The van der Waals surface area contributed by atoms with Gasteiger partial charge in [0.05, 0.1) is 18.8 Å². The first kappa shape index (κ1) is 13.1. The van der Waals surface area contributed by atoms with Crippen LogP contribution in [0.4, 0.5) is 5.69 Å². The maximum absolute atomic E-state index is 5.66. The lowest BCUT2D eigenvalue weighted by Crippen LogP contribution is -2.35. The van der Waals surface area contributed by atoms with Crippen molar-refractivity contribution in [3.63, 3.8) is 0 Å². The van der Waals surface area contributed by atoms with E-state index in [4.69, 9.17) is 4.74 Å². The van der Waals surface area contributed by atoms with Crippen LogP contribution in [0.2, 0.25) is 0 Å². The number of likely N-dealkylation sites (tertiary alicyclic amines) is 1. The zero-order chi connectivity index (χ0) is 12.6. The van der Waals surface area contributed by atoms with Crippen LogP contribution in [-0.4, -0.2) is 37.0 Å². The Hall–Kier alpha value is -1.35. The van der Waals surface area contributed by atoms with Crippen LogP contribution < -0.4 is 0 Å². The number of aliphatic imine (C=N–C) groups is 1. The zero-order valence-corrected chi connectivity index (χ0v) is 11.1. The smallest absolute Gasteiger partial charge is 0.203 e. The molecule has 0 radical (unpaired) electrons. The molecular weight excluding hydrogens is 224 g/mol. The molecule has 1 saturated heterocycles. The fraction of sp³-hybridized carbons (Fsp3) is 0.533. The van der Waals surface area contributed by atoms with Gasteiger partial charge in [-0.25, -0.2) is 4.99 Å². The minimum absolute atomic E-state index is 0.680. The van der Waals surface area contributed by atoms with E-state index in [1.807, 2.05) is 37.3 Å². The highest BCUT2D eigenvalue weighted by Crippen LogP contribution is 2.13. The quantitative estimate of drug-likeness (QED) is 0.602. The van der Waals surface area contributed by atoms with Crippen molar-refractivity contribution in [2.24, 2.45) is 4.99 Å². The molecule has 18 heavy (non-hydrogen) atoms. The van der Waals surface area contributed by atoms with Crippen LogP contribution in [0.5, 0.6) is 0 Å². The number of nitrogens with zero attached hydrogens (tertiary/aromatic N) is 2. The molecule has 0 aromatic heterocycles. The number of ether oxygens (including phenoxy) is 1. The summed E-state index contributed by atoms with van der Waals surface area (Å²) in [6.07, 6.45) is 3.95. The van der Waals surface area contributed by atoms with Crippen LogP contribution >= 0.6 is 0 Å². The highest BCUT2D eigenvalue weighted by Gasteiger charge is 2.13. The largest absolute Gasteiger partial charge is 0.480 e. The molecule has 0 amide bonds. The highest BCUT2D eigenvalue weighted by atomic mass is 16.5. The van der Waals surface area contributed by atoms with Gasteiger partial charge in [-0.1, -0.05) is 24.6 Å². The summed E-state index contributed by atoms with van der Waals surface area (Å²) in [4.78, 5) is 7.03. The molecule has 3 heteroatoms. The van der Waals surface area contributed by atoms with Crippen LogP contribution in [0.1, 0.15) is 26.2 Å². The molecule has 0 unspecified atom stereocenters. The predicted molar refractivity (Wildman–Crippen MR) is 75.5 cm³/mol. The SMILES string of the molecule is CCOC(CN1CCCCC1)=Nc1ccccc1.